The molecule has 0 spiro atoms. The Morgan fingerprint density at radius 2 is 1.57 bits per heavy atom. The maximum Gasteiger partial charge on any atom is 0.333 e. The molecule has 1 fully saturated rings. The molecule has 1 N–H and O–H groups in total. The Balaban J connectivity index is 2.49. The van der Waals surface area contributed by atoms with Gasteiger partial charge in [-0.2, -0.15) is 4.73 Å². The van der Waals surface area contributed by atoms with Crippen molar-refractivity contribution in [1.82, 2.24) is 14.5 Å². The summed E-state index contributed by atoms with van der Waals surface area (Å²) in [6.07, 6.45) is 0. The topological polar surface area (TPSA) is 108 Å². The quantitative estimate of drug-likeness (QED) is 0.547. The molecule has 0 unspecified atom stereocenters. The van der Waals surface area contributed by atoms with Crippen LogP contribution in [0.2, 0.25) is 0 Å². The van der Waals surface area contributed by atoms with E-state index in [-0.39, 0.29) is 5.49 Å². The predicted molar refractivity (Wildman–Crippen MR) is 70.3 cm³/mol. The average Bonchev–Trinajstić information content (AvgIpc) is 2.47. The molecule has 0 radical (unpaired) electrons. The van der Waals surface area contributed by atoms with Crippen molar-refractivity contribution in [3.63, 3.8) is 0 Å². The van der Waals surface area contributed by atoms with Crippen LogP contribution in [0.25, 0.3) is 0 Å². The second-order valence-corrected chi connectivity index (χ2v) is 4.40. The summed E-state index contributed by atoms with van der Waals surface area (Å²) in [6, 6.07) is 3.99. The summed E-state index contributed by atoms with van der Waals surface area (Å²) in [5.74, 6) is -1.69. The first-order valence-electron chi connectivity index (χ1n) is 5.94. The molecule has 1 aliphatic heterocycles. The van der Waals surface area contributed by atoms with E-state index in [1.807, 2.05) is 0 Å². The van der Waals surface area contributed by atoms with Gasteiger partial charge in [-0.25, -0.2) is 4.79 Å². The second-order valence-electron chi connectivity index (χ2n) is 4.40. The van der Waals surface area contributed by atoms with Crippen LogP contribution in [-0.4, -0.2) is 57.4 Å². The normalized spacial score (nSPS) is 16.8. The molecular formula is C12H13N5O4. The zero-order chi connectivity index (χ0) is 15.7. The van der Waals surface area contributed by atoms with Gasteiger partial charge in [0.1, 0.15) is 0 Å². The number of urea groups is 1. The monoisotopic (exact) mass is 291 g/mol. The third-order valence-corrected chi connectivity index (χ3v) is 2.97. The molecule has 0 aliphatic carbocycles. The van der Waals surface area contributed by atoms with Gasteiger partial charge in [-0.15, -0.1) is 10.2 Å². The van der Waals surface area contributed by atoms with Crippen LogP contribution < -0.4 is 5.49 Å². The lowest BCUT2D eigenvalue weighted by atomic mass is 10.2. The van der Waals surface area contributed by atoms with Crippen molar-refractivity contribution in [3.8, 4) is 0 Å². The molecule has 1 saturated heterocycles. The van der Waals surface area contributed by atoms with Gasteiger partial charge in [0, 0.05) is 14.1 Å². The molecule has 0 atom stereocenters. The molecular weight excluding hydrogens is 278 g/mol. The molecule has 9 nitrogen and oxygen atoms in total. The molecule has 0 saturated carbocycles. The molecule has 110 valence electrons. The molecule has 1 aromatic rings. The summed E-state index contributed by atoms with van der Waals surface area (Å²) in [4.78, 5) is 36.8. The van der Waals surface area contributed by atoms with Crippen LogP contribution in [0, 0.1) is 6.92 Å². The highest BCUT2D eigenvalue weighted by Gasteiger charge is 2.39. The minimum Gasteiger partial charge on any atom is -0.427 e. The van der Waals surface area contributed by atoms with Crippen molar-refractivity contribution in [2.45, 2.75) is 6.92 Å². The van der Waals surface area contributed by atoms with Crippen LogP contribution in [0.5, 0.6) is 0 Å². The van der Waals surface area contributed by atoms with Gasteiger partial charge in [-0.3, -0.25) is 19.4 Å². The van der Waals surface area contributed by atoms with Gasteiger partial charge in [0.2, 0.25) is 5.71 Å². The molecule has 1 aliphatic rings. The number of aryl methyl sites for hydroxylation is 1. The Morgan fingerprint density at radius 3 is 2.14 bits per heavy atom. The second kappa shape index (κ2) is 5.19. The van der Waals surface area contributed by atoms with E-state index in [4.69, 9.17) is 0 Å². The summed E-state index contributed by atoms with van der Waals surface area (Å²) in [7, 11) is 2.48. The minimum absolute atomic E-state index is 0.0466. The standard InChI is InChI=1S/C12H13N5O4/c1-7-5-4-6-8(17(7)21)13-14-9-10(18)15(2)12(20)16(3)11(9)19/h4-6,21H,1-3H3. The average molecular weight is 291 g/mol. The maximum absolute atomic E-state index is 11.9. The largest absolute Gasteiger partial charge is 0.427 e. The zero-order valence-electron chi connectivity index (χ0n) is 11.6. The summed E-state index contributed by atoms with van der Waals surface area (Å²) in [6.45, 7) is 1.64. The number of rotatable bonds is 1. The Labute approximate surface area is 119 Å². The van der Waals surface area contributed by atoms with Gasteiger partial charge in [-0.1, -0.05) is 6.07 Å². The fraction of sp³-hybridized carbons (Fsp3) is 0.250. The van der Waals surface area contributed by atoms with E-state index >= 15 is 0 Å². The number of carbonyl (C=O) groups is 3. The van der Waals surface area contributed by atoms with E-state index in [1.165, 1.54) is 20.2 Å². The first kappa shape index (κ1) is 14.4. The van der Waals surface area contributed by atoms with Crippen molar-refractivity contribution < 1.29 is 19.6 Å². The third kappa shape index (κ3) is 2.40. The van der Waals surface area contributed by atoms with Gasteiger partial charge in [-0.05, 0) is 19.1 Å². The number of barbiturate groups is 1. The number of carbonyl (C=O) groups excluding carboxylic acids is 3. The first-order valence-corrected chi connectivity index (χ1v) is 5.94. The van der Waals surface area contributed by atoms with Crippen LogP contribution >= 0.6 is 0 Å². The van der Waals surface area contributed by atoms with Gasteiger partial charge in [0.05, 0.1) is 5.69 Å². The number of pyridine rings is 1. The van der Waals surface area contributed by atoms with E-state index in [0.717, 1.165) is 14.5 Å². The summed E-state index contributed by atoms with van der Waals surface area (Å²) in [5.41, 5.74) is 0.0496. The van der Waals surface area contributed by atoms with E-state index in [0.29, 0.717) is 5.69 Å². The van der Waals surface area contributed by atoms with Crippen molar-refractivity contribution in [2.75, 3.05) is 14.1 Å². The lowest BCUT2D eigenvalue weighted by Gasteiger charge is -2.27. The van der Waals surface area contributed by atoms with Crippen molar-refractivity contribution in [2.24, 2.45) is 10.2 Å². The van der Waals surface area contributed by atoms with E-state index in [1.54, 1.807) is 19.1 Å². The summed E-state index contributed by atoms with van der Waals surface area (Å²) in [5, 5.41) is 17.0. The van der Waals surface area contributed by atoms with Crippen LogP contribution in [0.3, 0.4) is 0 Å². The highest BCUT2D eigenvalue weighted by Crippen LogP contribution is 2.06. The van der Waals surface area contributed by atoms with Crippen LogP contribution in [0.15, 0.2) is 28.4 Å². The van der Waals surface area contributed by atoms with Gasteiger partial charge in [0.25, 0.3) is 11.8 Å². The summed E-state index contributed by atoms with van der Waals surface area (Å²) >= 11 is 0. The van der Waals surface area contributed by atoms with E-state index in [9.17, 15) is 19.6 Å². The molecule has 9 heteroatoms. The van der Waals surface area contributed by atoms with Crippen LogP contribution in [0.1, 0.15) is 5.69 Å². The van der Waals surface area contributed by atoms with Gasteiger partial charge >= 0.3 is 6.03 Å². The van der Waals surface area contributed by atoms with Crippen LogP contribution in [0.4, 0.5) is 4.79 Å². The van der Waals surface area contributed by atoms with Gasteiger partial charge < -0.3 is 5.21 Å². The number of hydrogen-bond donors (Lipinski definition) is 1. The van der Waals surface area contributed by atoms with E-state index in [2.05, 4.69) is 10.2 Å². The van der Waals surface area contributed by atoms with Gasteiger partial charge in [0.15, 0.2) is 5.49 Å². The molecule has 2 heterocycles. The third-order valence-electron chi connectivity index (χ3n) is 2.97. The Hall–Kier alpha value is -2.97. The smallest absolute Gasteiger partial charge is 0.333 e. The molecule has 2 rings (SSSR count). The maximum atomic E-state index is 11.9. The Morgan fingerprint density at radius 1 is 1.00 bits per heavy atom. The molecule has 21 heavy (non-hydrogen) atoms. The zero-order valence-corrected chi connectivity index (χ0v) is 11.6. The number of nitrogens with zero attached hydrogens (tertiary/aromatic N) is 5. The predicted octanol–water partition coefficient (Wildman–Crippen LogP) is -0.659. The fourth-order valence-electron chi connectivity index (χ4n) is 1.67. The highest BCUT2D eigenvalue weighted by molar-refractivity contribution is 6.68. The first-order chi connectivity index (χ1) is 9.84. The fourth-order valence-corrected chi connectivity index (χ4v) is 1.67. The number of imide groups is 2. The lowest BCUT2D eigenvalue weighted by Crippen LogP contribution is -2.57. The number of hydrogen-bond acceptors (Lipinski definition) is 6. The molecule has 0 aromatic carbocycles. The Bertz CT molecular complexity index is 707. The van der Waals surface area contributed by atoms with Crippen LogP contribution in [-0.2, 0) is 9.59 Å². The lowest BCUT2D eigenvalue weighted by molar-refractivity contribution is -0.129. The number of amides is 4. The van der Waals surface area contributed by atoms with Crippen molar-refractivity contribution in [3.05, 3.63) is 29.4 Å². The minimum atomic E-state index is -0.844. The SMILES string of the molecule is Cc1cccc(=NN=C2C(=O)N(C)C(=O)N(C)C2=O)n1O. The molecule has 1 aromatic heterocycles. The summed E-state index contributed by atoms with van der Waals surface area (Å²) < 4.78 is 0.764. The Kier molecular flexibility index (Phi) is 3.57. The number of aromatic nitrogens is 1. The molecule has 0 bridgehead atoms. The molecule has 4 amide bonds. The highest BCUT2D eigenvalue weighted by atomic mass is 16.5. The van der Waals surface area contributed by atoms with E-state index < -0.39 is 23.6 Å². The van der Waals surface area contributed by atoms with Crippen molar-refractivity contribution in [1.29, 1.82) is 0 Å². The van der Waals surface area contributed by atoms with Crippen molar-refractivity contribution >= 4 is 23.6 Å².